The Kier molecular flexibility index (Phi) is 4.54. The molecule has 1 saturated heterocycles. The SMILES string of the molecule is NC[C@H]1CN(C(=O)C(=O)NC2CCCC2)CCO1. The summed E-state index contributed by atoms with van der Waals surface area (Å²) in [5, 5.41) is 2.81. The van der Waals surface area contributed by atoms with Crippen LogP contribution in [-0.2, 0) is 14.3 Å². The van der Waals surface area contributed by atoms with Crippen molar-refractivity contribution < 1.29 is 14.3 Å². The summed E-state index contributed by atoms with van der Waals surface area (Å²) < 4.78 is 5.37. The van der Waals surface area contributed by atoms with Crippen molar-refractivity contribution in [1.29, 1.82) is 0 Å². The Hall–Kier alpha value is -1.14. The summed E-state index contributed by atoms with van der Waals surface area (Å²) in [6.07, 6.45) is 4.07. The zero-order chi connectivity index (χ0) is 13.0. The maximum atomic E-state index is 12.0. The Morgan fingerprint density at radius 3 is 2.72 bits per heavy atom. The van der Waals surface area contributed by atoms with Gasteiger partial charge >= 0.3 is 11.8 Å². The van der Waals surface area contributed by atoms with Crippen LogP contribution in [0.5, 0.6) is 0 Å². The van der Waals surface area contributed by atoms with Crippen LogP contribution in [0.2, 0.25) is 0 Å². The van der Waals surface area contributed by atoms with E-state index < -0.39 is 11.8 Å². The lowest BCUT2D eigenvalue weighted by Crippen LogP contribution is -2.53. The maximum absolute atomic E-state index is 12.0. The molecule has 1 saturated carbocycles. The van der Waals surface area contributed by atoms with Crippen LogP contribution in [0.4, 0.5) is 0 Å². The van der Waals surface area contributed by atoms with E-state index in [0.29, 0.717) is 26.2 Å². The number of hydrogen-bond donors (Lipinski definition) is 2. The largest absolute Gasteiger partial charge is 0.373 e. The topological polar surface area (TPSA) is 84.7 Å². The number of amides is 2. The van der Waals surface area contributed by atoms with Gasteiger partial charge < -0.3 is 20.7 Å². The number of carbonyl (C=O) groups is 2. The smallest absolute Gasteiger partial charge is 0.312 e. The first-order chi connectivity index (χ1) is 8.70. The number of hydrogen-bond acceptors (Lipinski definition) is 4. The lowest BCUT2D eigenvalue weighted by atomic mass is 10.2. The van der Waals surface area contributed by atoms with Gasteiger partial charge in [0.25, 0.3) is 0 Å². The van der Waals surface area contributed by atoms with Crippen molar-refractivity contribution in [3.63, 3.8) is 0 Å². The van der Waals surface area contributed by atoms with Crippen molar-refractivity contribution >= 4 is 11.8 Å². The Morgan fingerprint density at radius 1 is 1.33 bits per heavy atom. The molecule has 0 aromatic carbocycles. The fourth-order valence-electron chi connectivity index (χ4n) is 2.51. The van der Waals surface area contributed by atoms with Crippen LogP contribution >= 0.6 is 0 Å². The van der Waals surface area contributed by atoms with Crippen LogP contribution in [0.15, 0.2) is 0 Å². The number of rotatable bonds is 2. The second kappa shape index (κ2) is 6.15. The quantitative estimate of drug-likeness (QED) is 0.635. The predicted molar refractivity (Wildman–Crippen MR) is 65.8 cm³/mol. The van der Waals surface area contributed by atoms with Gasteiger partial charge in [0, 0.05) is 25.7 Å². The van der Waals surface area contributed by atoms with Crippen LogP contribution in [0.3, 0.4) is 0 Å². The lowest BCUT2D eigenvalue weighted by Gasteiger charge is -2.32. The highest BCUT2D eigenvalue weighted by molar-refractivity contribution is 6.35. The molecule has 0 aromatic heterocycles. The van der Waals surface area contributed by atoms with Gasteiger partial charge in [-0.2, -0.15) is 0 Å². The molecule has 3 N–H and O–H groups in total. The molecule has 2 fully saturated rings. The minimum atomic E-state index is -0.487. The van der Waals surface area contributed by atoms with Crippen molar-refractivity contribution in [3.8, 4) is 0 Å². The summed E-state index contributed by atoms with van der Waals surface area (Å²) in [7, 11) is 0. The standard InChI is InChI=1S/C12H21N3O3/c13-7-10-8-15(5-6-18-10)12(17)11(16)14-9-3-1-2-4-9/h9-10H,1-8,13H2,(H,14,16)/t10-/m0/s1. The Morgan fingerprint density at radius 2 is 2.06 bits per heavy atom. The highest BCUT2D eigenvalue weighted by Crippen LogP contribution is 2.17. The van der Waals surface area contributed by atoms with Gasteiger partial charge in [0.2, 0.25) is 0 Å². The average Bonchev–Trinajstić information content (AvgIpc) is 2.90. The zero-order valence-corrected chi connectivity index (χ0v) is 10.6. The molecule has 2 aliphatic rings. The monoisotopic (exact) mass is 255 g/mol. The van der Waals surface area contributed by atoms with Gasteiger partial charge in [-0.3, -0.25) is 9.59 Å². The molecule has 0 unspecified atom stereocenters. The normalized spacial score (nSPS) is 25.2. The van der Waals surface area contributed by atoms with Crippen molar-refractivity contribution in [2.45, 2.75) is 37.8 Å². The molecule has 18 heavy (non-hydrogen) atoms. The van der Waals surface area contributed by atoms with Crippen LogP contribution in [0.25, 0.3) is 0 Å². The van der Waals surface area contributed by atoms with Crippen molar-refractivity contribution in [2.24, 2.45) is 5.73 Å². The minimum absolute atomic E-state index is 0.151. The van der Waals surface area contributed by atoms with Gasteiger partial charge in [-0.05, 0) is 12.8 Å². The molecule has 1 atom stereocenters. The molecule has 0 aromatic rings. The summed E-state index contributed by atoms with van der Waals surface area (Å²) in [6, 6.07) is 0.174. The van der Waals surface area contributed by atoms with E-state index >= 15 is 0 Å². The highest BCUT2D eigenvalue weighted by atomic mass is 16.5. The third-order valence-electron chi connectivity index (χ3n) is 3.57. The Balaban J connectivity index is 1.83. The van der Waals surface area contributed by atoms with Crippen LogP contribution < -0.4 is 11.1 Å². The third-order valence-corrected chi connectivity index (χ3v) is 3.57. The first-order valence-electron chi connectivity index (χ1n) is 6.62. The van der Waals surface area contributed by atoms with E-state index in [0.717, 1.165) is 25.7 Å². The van der Waals surface area contributed by atoms with Gasteiger partial charge in [0.1, 0.15) is 0 Å². The first-order valence-corrected chi connectivity index (χ1v) is 6.62. The summed E-state index contributed by atoms with van der Waals surface area (Å²) in [6.45, 7) is 1.69. The number of morpholine rings is 1. The average molecular weight is 255 g/mol. The summed E-state index contributed by atoms with van der Waals surface area (Å²) in [4.78, 5) is 25.3. The van der Waals surface area contributed by atoms with E-state index in [2.05, 4.69) is 5.32 Å². The summed E-state index contributed by atoms with van der Waals surface area (Å²) in [5.74, 6) is -0.941. The van der Waals surface area contributed by atoms with Crippen molar-refractivity contribution in [2.75, 3.05) is 26.2 Å². The number of nitrogens with zero attached hydrogens (tertiary/aromatic N) is 1. The van der Waals surface area contributed by atoms with Gasteiger partial charge in [0.15, 0.2) is 0 Å². The van der Waals surface area contributed by atoms with Gasteiger partial charge in [-0.1, -0.05) is 12.8 Å². The predicted octanol–water partition coefficient (Wildman–Crippen LogP) is -0.769. The minimum Gasteiger partial charge on any atom is -0.373 e. The molecule has 0 spiro atoms. The van der Waals surface area contributed by atoms with E-state index in [-0.39, 0.29) is 12.1 Å². The summed E-state index contributed by atoms with van der Waals surface area (Å²) >= 11 is 0. The molecule has 6 heteroatoms. The molecule has 2 rings (SSSR count). The molecule has 0 bridgehead atoms. The van der Waals surface area contributed by atoms with Crippen molar-refractivity contribution in [1.82, 2.24) is 10.2 Å². The number of carbonyl (C=O) groups excluding carboxylic acids is 2. The highest BCUT2D eigenvalue weighted by Gasteiger charge is 2.29. The molecule has 102 valence electrons. The van der Waals surface area contributed by atoms with Gasteiger partial charge in [-0.25, -0.2) is 0 Å². The fourth-order valence-corrected chi connectivity index (χ4v) is 2.51. The number of nitrogens with two attached hydrogens (primary N) is 1. The van der Waals surface area contributed by atoms with Crippen LogP contribution in [-0.4, -0.2) is 55.1 Å². The van der Waals surface area contributed by atoms with E-state index in [1.807, 2.05) is 0 Å². The second-order valence-corrected chi connectivity index (χ2v) is 4.93. The molecule has 6 nitrogen and oxygen atoms in total. The van der Waals surface area contributed by atoms with Crippen molar-refractivity contribution in [3.05, 3.63) is 0 Å². The van der Waals surface area contributed by atoms with E-state index in [9.17, 15) is 9.59 Å². The number of nitrogens with one attached hydrogen (secondary N) is 1. The molecule has 2 amide bonds. The molecule has 0 radical (unpaired) electrons. The maximum Gasteiger partial charge on any atom is 0.312 e. The molecular weight excluding hydrogens is 234 g/mol. The van der Waals surface area contributed by atoms with Gasteiger partial charge in [-0.15, -0.1) is 0 Å². The van der Waals surface area contributed by atoms with Gasteiger partial charge in [0.05, 0.1) is 12.7 Å². The molecule has 1 aliphatic carbocycles. The Labute approximate surface area is 107 Å². The molecule has 1 heterocycles. The second-order valence-electron chi connectivity index (χ2n) is 4.93. The van der Waals surface area contributed by atoms with Crippen LogP contribution in [0, 0.1) is 0 Å². The fraction of sp³-hybridized carbons (Fsp3) is 0.833. The lowest BCUT2D eigenvalue weighted by molar-refractivity contribution is -0.150. The van der Waals surface area contributed by atoms with E-state index in [1.165, 1.54) is 4.90 Å². The molecular formula is C12H21N3O3. The van der Waals surface area contributed by atoms with Crippen LogP contribution in [0.1, 0.15) is 25.7 Å². The summed E-state index contributed by atoms with van der Waals surface area (Å²) in [5.41, 5.74) is 5.51. The molecule has 1 aliphatic heterocycles. The number of ether oxygens (including phenoxy) is 1. The Bertz CT molecular complexity index is 316. The zero-order valence-electron chi connectivity index (χ0n) is 10.6. The third kappa shape index (κ3) is 3.20. The van der Waals surface area contributed by atoms with E-state index in [4.69, 9.17) is 10.5 Å². The van der Waals surface area contributed by atoms with E-state index in [1.54, 1.807) is 0 Å². The first kappa shape index (κ1) is 13.3.